The number of carbonyl (C=O) groups excluding carboxylic acids is 1. The van der Waals surface area contributed by atoms with Crippen LogP contribution in [0.2, 0.25) is 0 Å². The Morgan fingerprint density at radius 3 is 2.55 bits per heavy atom. The molecule has 2 aliphatic rings. The number of anilines is 1. The molecule has 5 rings (SSSR count). The monoisotopic (exact) mass is 445 g/mol. The third-order valence-electron chi connectivity index (χ3n) is 5.93. The van der Waals surface area contributed by atoms with Gasteiger partial charge in [0.05, 0.1) is 18.8 Å². The molecule has 0 spiro atoms. The van der Waals surface area contributed by atoms with Crippen LogP contribution in [0.3, 0.4) is 0 Å². The minimum Gasteiger partial charge on any atom is -0.489 e. The molecule has 170 valence electrons. The first-order valence-electron chi connectivity index (χ1n) is 11.1. The van der Waals surface area contributed by atoms with Gasteiger partial charge in [-0.2, -0.15) is 10.1 Å². The van der Waals surface area contributed by atoms with E-state index in [4.69, 9.17) is 9.47 Å². The molecule has 0 aliphatic carbocycles. The van der Waals surface area contributed by atoms with Crippen molar-refractivity contribution in [2.75, 3.05) is 31.6 Å². The van der Waals surface area contributed by atoms with Crippen molar-refractivity contribution in [2.24, 2.45) is 0 Å². The van der Waals surface area contributed by atoms with Crippen molar-refractivity contribution in [1.29, 1.82) is 0 Å². The molecule has 8 heteroatoms. The van der Waals surface area contributed by atoms with Gasteiger partial charge in [0.15, 0.2) is 0 Å². The van der Waals surface area contributed by atoms with E-state index in [-0.39, 0.29) is 11.9 Å². The molecule has 1 atom stereocenters. The highest BCUT2D eigenvalue weighted by molar-refractivity contribution is 5.96. The molecule has 0 radical (unpaired) electrons. The minimum absolute atomic E-state index is 0.00323. The smallest absolute Gasteiger partial charge is 0.254 e. The van der Waals surface area contributed by atoms with Crippen LogP contribution in [-0.4, -0.2) is 51.9 Å². The second-order valence-electron chi connectivity index (χ2n) is 8.24. The van der Waals surface area contributed by atoms with Crippen LogP contribution in [0, 0.1) is 6.92 Å². The van der Waals surface area contributed by atoms with E-state index in [2.05, 4.69) is 15.4 Å². The molecule has 2 aliphatic heterocycles. The van der Waals surface area contributed by atoms with Crippen molar-refractivity contribution in [2.45, 2.75) is 26.5 Å². The summed E-state index contributed by atoms with van der Waals surface area (Å²) in [5.41, 5.74) is 3.53. The number of allylic oxidation sites excluding steroid dienone is 1. The van der Waals surface area contributed by atoms with E-state index < -0.39 is 0 Å². The van der Waals surface area contributed by atoms with Crippen molar-refractivity contribution in [3.05, 3.63) is 82.8 Å². The molecule has 3 aromatic rings. The summed E-state index contributed by atoms with van der Waals surface area (Å²) in [5, 5.41) is 7.87. The van der Waals surface area contributed by atoms with Crippen LogP contribution in [0.5, 0.6) is 5.75 Å². The highest BCUT2D eigenvalue weighted by atomic mass is 16.5. The van der Waals surface area contributed by atoms with Gasteiger partial charge in [-0.25, -0.2) is 4.68 Å². The van der Waals surface area contributed by atoms with Crippen LogP contribution in [0.1, 0.15) is 29.9 Å². The summed E-state index contributed by atoms with van der Waals surface area (Å²) in [5.74, 6) is 2.06. The van der Waals surface area contributed by atoms with E-state index in [1.165, 1.54) is 0 Å². The van der Waals surface area contributed by atoms with Crippen LogP contribution >= 0.6 is 0 Å². The Hall–Kier alpha value is -3.65. The molecule has 1 amide bonds. The highest BCUT2D eigenvalue weighted by Crippen LogP contribution is 2.36. The first kappa shape index (κ1) is 21.2. The van der Waals surface area contributed by atoms with Crippen LogP contribution in [0.4, 0.5) is 5.95 Å². The van der Waals surface area contributed by atoms with E-state index in [9.17, 15) is 4.79 Å². The van der Waals surface area contributed by atoms with Gasteiger partial charge in [-0.1, -0.05) is 42.5 Å². The Bertz CT molecular complexity index is 1160. The summed E-state index contributed by atoms with van der Waals surface area (Å²) in [6, 6.07) is 17.6. The van der Waals surface area contributed by atoms with Crippen molar-refractivity contribution < 1.29 is 14.3 Å². The average Bonchev–Trinajstić information content (AvgIpc) is 3.22. The number of amides is 1. The molecule has 8 nitrogen and oxygen atoms in total. The number of hydrogen-bond acceptors (Lipinski definition) is 6. The molecule has 1 fully saturated rings. The summed E-state index contributed by atoms with van der Waals surface area (Å²) in [6.45, 7) is 6.54. The number of rotatable bonds is 5. The number of aromatic nitrogens is 3. The van der Waals surface area contributed by atoms with Crippen molar-refractivity contribution in [3.8, 4) is 5.75 Å². The Balaban J connectivity index is 1.44. The van der Waals surface area contributed by atoms with Gasteiger partial charge in [-0.05, 0) is 37.1 Å². The third-order valence-corrected chi connectivity index (χ3v) is 5.93. The molecule has 1 saturated heterocycles. The van der Waals surface area contributed by atoms with E-state index in [1.54, 1.807) is 4.68 Å². The predicted octanol–water partition coefficient (Wildman–Crippen LogP) is 3.31. The molecule has 0 unspecified atom stereocenters. The molecule has 1 N–H and O–H groups in total. The fraction of sp³-hybridized carbons (Fsp3) is 0.320. The first-order valence-corrected chi connectivity index (χ1v) is 11.1. The summed E-state index contributed by atoms with van der Waals surface area (Å²) in [6.07, 6.45) is 0. The number of nitrogens with one attached hydrogen (secondary N) is 1. The van der Waals surface area contributed by atoms with Crippen LogP contribution < -0.4 is 10.1 Å². The van der Waals surface area contributed by atoms with Crippen LogP contribution in [0.25, 0.3) is 0 Å². The van der Waals surface area contributed by atoms with Crippen molar-refractivity contribution in [1.82, 2.24) is 19.7 Å². The zero-order valence-electron chi connectivity index (χ0n) is 18.8. The number of ether oxygens (including phenoxy) is 2. The van der Waals surface area contributed by atoms with Gasteiger partial charge in [0.2, 0.25) is 5.95 Å². The molecule has 1 aromatic heterocycles. The number of carbonyl (C=O) groups is 1. The van der Waals surface area contributed by atoms with Gasteiger partial charge in [-0.15, -0.1) is 0 Å². The predicted molar refractivity (Wildman–Crippen MR) is 124 cm³/mol. The lowest BCUT2D eigenvalue weighted by Crippen LogP contribution is -2.44. The maximum absolute atomic E-state index is 13.6. The number of nitrogens with zero attached hydrogens (tertiary/aromatic N) is 4. The topological polar surface area (TPSA) is 81.5 Å². The zero-order chi connectivity index (χ0) is 22.8. The van der Waals surface area contributed by atoms with Crippen LogP contribution in [0.15, 0.2) is 65.9 Å². The van der Waals surface area contributed by atoms with Gasteiger partial charge >= 0.3 is 0 Å². The summed E-state index contributed by atoms with van der Waals surface area (Å²) >= 11 is 0. The minimum atomic E-state index is -0.374. The van der Waals surface area contributed by atoms with E-state index in [0.717, 1.165) is 22.6 Å². The number of morpholine rings is 1. The number of aryl methyl sites for hydroxylation is 1. The van der Waals surface area contributed by atoms with Gasteiger partial charge in [-0.3, -0.25) is 4.79 Å². The number of benzene rings is 2. The lowest BCUT2D eigenvalue weighted by Gasteiger charge is -2.33. The van der Waals surface area contributed by atoms with Gasteiger partial charge in [0.25, 0.3) is 5.91 Å². The fourth-order valence-corrected chi connectivity index (χ4v) is 4.27. The Morgan fingerprint density at radius 2 is 1.82 bits per heavy atom. The summed E-state index contributed by atoms with van der Waals surface area (Å²) in [4.78, 5) is 19.9. The van der Waals surface area contributed by atoms with E-state index in [0.29, 0.717) is 50.3 Å². The third kappa shape index (κ3) is 4.34. The second kappa shape index (κ2) is 9.07. The van der Waals surface area contributed by atoms with Crippen molar-refractivity contribution in [3.63, 3.8) is 0 Å². The lowest BCUT2D eigenvalue weighted by atomic mass is 9.94. The maximum Gasteiger partial charge on any atom is 0.254 e. The van der Waals surface area contributed by atoms with Gasteiger partial charge in [0.1, 0.15) is 24.2 Å². The van der Waals surface area contributed by atoms with Crippen molar-refractivity contribution >= 4 is 11.9 Å². The molecule has 33 heavy (non-hydrogen) atoms. The van der Waals surface area contributed by atoms with E-state index >= 15 is 0 Å². The normalized spacial score (nSPS) is 18.0. The number of fused-ring (bicyclic) bond motifs is 1. The van der Waals surface area contributed by atoms with E-state index in [1.807, 2.05) is 73.3 Å². The SMILES string of the molecule is CC1=C(C(=O)N2CCOCC2)[C@H](c2ccc(OCc3ccccc3)cc2)n2nc(C)nc2N1. The maximum atomic E-state index is 13.6. The molecular weight excluding hydrogens is 418 g/mol. The lowest BCUT2D eigenvalue weighted by molar-refractivity contribution is -0.131. The van der Waals surface area contributed by atoms with Crippen LogP contribution in [-0.2, 0) is 16.1 Å². The summed E-state index contributed by atoms with van der Waals surface area (Å²) < 4.78 is 13.2. The average molecular weight is 446 g/mol. The second-order valence-corrected chi connectivity index (χ2v) is 8.24. The van der Waals surface area contributed by atoms with Gasteiger partial charge in [0, 0.05) is 18.8 Å². The van der Waals surface area contributed by atoms with Gasteiger partial charge < -0.3 is 19.7 Å². The molecule has 3 heterocycles. The molecule has 0 saturated carbocycles. The fourth-order valence-electron chi connectivity index (χ4n) is 4.27. The standard InChI is InChI=1S/C25H27N5O3/c1-17-22(24(31)29-12-14-32-15-13-29)23(30-25(26-17)27-18(2)28-30)20-8-10-21(11-9-20)33-16-19-6-4-3-5-7-19/h3-11,23H,12-16H2,1-2H3,(H,26,27,28)/t23-/m0/s1. The zero-order valence-corrected chi connectivity index (χ0v) is 18.8. The summed E-state index contributed by atoms with van der Waals surface area (Å²) in [7, 11) is 0. The Labute approximate surface area is 192 Å². The largest absolute Gasteiger partial charge is 0.489 e. The Morgan fingerprint density at radius 1 is 1.09 bits per heavy atom. The first-order chi connectivity index (χ1) is 16.1. The number of hydrogen-bond donors (Lipinski definition) is 1. The molecule has 2 aromatic carbocycles. The highest BCUT2D eigenvalue weighted by Gasteiger charge is 2.36. The Kier molecular flexibility index (Phi) is 5.83. The quantitative estimate of drug-likeness (QED) is 0.649. The molecule has 0 bridgehead atoms. The molecular formula is C25H27N5O3.